The topological polar surface area (TPSA) is 179 Å². The van der Waals surface area contributed by atoms with E-state index in [4.69, 9.17) is 38.5 Å². The molecule has 0 radical (unpaired) electrons. The first-order valence-electron chi connectivity index (χ1n) is 16.3. The van der Waals surface area contributed by atoms with Crippen LogP contribution in [0.3, 0.4) is 0 Å². The first-order chi connectivity index (χ1) is 23.1. The lowest BCUT2D eigenvalue weighted by Gasteiger charge is -2.31. The van der Waals surface area contributed by atoms with Gasteiger partial charge in [0, 0.05) is 19.7 Å². The summed E-state index contributed by atoms with van der Waals surface area (Å²) >= 11 is 0. The Kier molecular flexibility index (Phi) is 9.65. The van der Waals surface area contributed by atoms with Crippen LogP contribution < -0.4 is 15.3 Å². The second-order valence-electron chi connectivity index (χ2n) is 14.0. The van der Waals surface area contributed by atoms with Crippen molar-refractivity contribution in [3.63, 3.8) is 0 Å². The zero-order valence-electron chi connectivity index (χ0n) is 28.8. The van der Waals surface area contributed by atoms with Crippen molar-refractivity contribution >= 4 is 31.3 Å². The molecule has 3 aliphatic heterocycles. The second kappa shape index (κ2) is 13.4. The number of nitrogens with two attached hydrogens (primary N) is 1. The van der Waals surface area contributed by atoms with E-state index in [1.165, 1.54) is 13.3 Å². The zero-order chi connectivity index (χ0) is 35.2. The van der Waals surface area contributed by atoms with Gasteiger partial charge in [-0.15, -0.1) is 0 Å². The van der Waals surface area contributed by atoms with Crippen molar-refractivity contribution in [1.82, 2.24) is 19.7 Å². The average molecular weight is 701 g/mol. The fourth-order valence-electron chi connectivity index (χ4n) is 6.30. The third-order valence-corrected chi connectivity index (χ3v) is 10.3. The number of rotatable bonds is 11. The highest BCUT2D eigenvalue weighted by Gasteiger charge is 2.64. The number of benzene rings is 1. The first-order valence-corrected chi connectivity index (χ1v) is 17.8. The van der Waals surface area contributed by atoms with E-state index in [1.54, 1.807) is 49.8 Å². The highest BCUT2D eigenvalue weighted by molar-refractivity contribution is 7.52. The van der Waals surface area contributed by atoms with E-state index in [-0.39, 0.29) is 29.7 Å². The minimum atomic E-state index is -4.27. The van der Waals surface area contributed by atoms with Crippen LogP contribution in [-0.2, 0) is 48.6 Å². The van der Waals surface area contributed by atoms with Gasteiger partial charge in [0.15, 0.2) is 17.2 Å². The number of hydrogen-bond donors (Lipinski definition) is 2. The lowest BCUT2D eigenvalue weighted by molar-refractivity contribution is -0.200. The van der Waals surface area contributed by atoms with Crippen LogP contribution in [0.2, 0.25) is 0 Å². The van der Waals surface area contributed by atoms with Gasteiger partial charge in [-0.05, 0) is 56.0 Å². The van der Waals surface area contributed by atoms with Gasteiger partial charge in [0.2, 0.25) is 0 Å². The van der Waals surface area contributed by atoms with Crippen molar-refractivity contribution in [2.24, 2.45) is 4.99 Å². The summed E-state index contributed by atoms with van der Waals surface area (Å²) in [6.45, 7) is 11.9. The lowest BCUT2D eigenvalue weighted by atomic mass is 9.87. The molecule has 3 saturated heterocycles. The number of aliphatic imine (C=N–C) groups is 1. The number of carbonyl (C=O) groups is 1. The van der Waals surface area contributed by atoms with Crippen LogP contribution in [0, 0.1) is 0 Å². The quantitative estimate of drug-likeness (QED) is 0.167. The van der Waals surface area contributed by atoms with E-state index in [0.717, 1.165) is 5.56 Å². The van der Waals surface area contributed by atoms with Gasteiger partial charge < -0.3 is 33.9 Å². The van der Waals surface area contributed by atoms with Crippen molar-refractivity contribution in [1.29, 1.82) is 0 Å². The Morgan fingerprint density at radius 3 is 2.63 bits per heavy atom. The predicted molar refractivity (Wildman–Crippen MR) is 179 cm³/mol. The standard InChI is InChI=1S/C33H45N6O9P/c1-20(30(40)44-23-14-15-42-16-23)38-49(41,48-22-10-8-21(9-11-22)31(2,3)4)43-17-25-27-28(47-32(5,6)46-27)33(45-25,18-35-7)26-13-12-24-29(34)36-19-37-39(24)26/h8-13,18-20,23,25,27-28H,14-17H2,1-7H3,(H,38,41)(H2,34,36,37)/t20-,23-,25+,27+,28+,33-,49?/m0/s1. The average Bonchev–Trinajstić information content (AvgIpc) is 3.81. The maximum atomic E-state index is 14.5. The highest BCUT2D eigenvalue weighted by atomic mass is 31.2. The Labute approximate surface area is 285 Å². The van der Waals surface area contributed by atoms with Crippen LogP contribution in [0.4, 0.5) is 5.82 Å². The summed E-state index contributed by atoms with van der Waals surface area (Å²) in [6.07, 6.45) is 0.942. The number of carbonyl (C=O) groups excluding carboxylic acids is 1. The van der Waals surface area contributed by atoms with Crippen molar-refractivity contribution in [3.8, 4) is 5.75 Å². The number of esters is 1. The molecule has 0 bridgehead atoms. The summed E-state index contributed by atoms with van der Waals surface area (Å²) in [7, 11) is -2.65. The molecule has 16 heteroatoms. The largest absolute Gasteiger partial charge is 0.459 e. The van der Waals surface area contributed by atoms with Crippen LogP contribution in [0.5, 0.6) is 5.75 Å². The molecule has 0 spiro atoms. The van der Waals surface area contributed by atoms with Gasteiger partial charge in [-0.2, -0.15) is 10.2 Å². The molecule has 3 aliphatic rings. The van der Waals surface area contributed by atoms with Gasteiger partial charge >= 0.3 is 13.7 Å². The van der Waals surface area contributed by atoms with Gasteiger partial charge in [-0.3, -0.25) is 14.3 Å². The van der Waals surface area contributed by atoms with E-state index < -0.39 is 49.5 Å². The number of anilines is 1. The highest BCUT2D eigenvalue weighted by Crippen LogP contribution is 2.51. The van der Waals surface area contributed by atoms with Gasteiger partial charge in [0.1, 0.15) is 48.1 Å². The molecule has 15 nitrogen and oxygen atoms in total. The zero-order valence-corrected chi connectivity index (χ0v) is 29.7. The van der Waals surface area contributed by atoms with Crippen LogP contribution >= 0.6 is 7.75 Å². The maximum Gasteiger partial charge on any atom is 0.459 e. The van der Waals surface area contributed by atoms with Crippen LogP contribution in [-0.4, -0.2) is 89.9 Å². The van der Waals surface area contributed by atoms with E-state index in [2.05, 4.69) is 40.9 Å². The summed E-state index contributed by atoms with van der Waals surface area (Å²) in [6, 6.07) is 9.76. The molecule has 1 unspecified atom stereocenters. The summed E-state index contributed by atoms with van der Waals surface area (Å²) in [5.41, 5.74) is 6.93. The fourth-order valence-corrected chi connectivity index (χ4v) is 7.80. The van der Waals surface area contributed by atoms with Crippen molar-refractivity contribution in [2.75, 3.05) is 32.6 Å². The molecular formula is C33H45N6O9P. The molecule has 3 fully saturated rings. The van der Waals surface area contributed by atoms with E-state index >= 15 is 0 Å². The Morgan fingerprint density at radius 1 is 1.20 bits per heavy atom. The van der Waals surface area contributed by atoms with Gasteiger partial charge in [0.25, 0.3) is 0 Å². The molecule has 2 aromatic heterocycles. The molecule has 1 aromatic carbocycles. The summed E-state index contributed by atoms with van der Waals surface area (Å²) in [4.78, 5) is 21.5. The van der Waals surface area contributed by atoms with Crippen molar-refractivity contribution in [3.05, 3.63) is 54.0 Å². The number of nitrogens with one attached hydrogen (secondary N) is 1. The molecule has 0 aliphatic carbocycles. The van der Waals surface area contributed by atoms with Crippen LogP contribution in [0.15, 0.2) is 47.7 Å². The fraction of sp³-hybridized carbons (Fsp3) is 0.576. The summed E-state index contributed by atoms with van der Waals surface area (Å²) in [5.74, 6) is -1.04. The van der Waals surface area contributed by atoms with Gasteiger partial charge in [-0.25, -0.2) is 14.1 Å². The minimum Gasteiger partial charge on any atom is -0.459 e. The number of nitrogen functional groups attached to an aromatic ring is 1. The molecule has 7 atom stereocenters. The van der Waals surface area contributed by atoms with Crippen molar-refractivity contribution in [2.45, 2.75) is 95.2 Å². The molecule has 49 heavy (non-hydrogen) atoms. The molecule has 3 aromatic rings. The Hall–Kier alpha value is -3.43. The third kappa shape index (κ3) is 7.25. The summed E-state index contributed by atoms with van der Waals surface area (Å²) in [5, 5.41) is 7.19. The van der Waals surface area contributed by atoms with Gasteiger partial charge in [0.05, 0.1) is 25.5 Å². The first kappa shape index (κ1) is 35.4. The molecule has 266 valence electrons. The molecule has 5 heterocycles. The predicted octanol–water partition coefficient (Wildman–Crippen LogP) is 3.94. The van der Waals surface area contributed by atoms with Crippen LogP contribution in [0.25, 0.3) is 5.52 Å². The van der Waals surface area contributed by atoms with Gasteiger partial charge in [-0.1, -0.05) is 32.9 Å². The minimum absolute atomic E-state index is 0.107. The monoisotopic (exact) mass is 700 g/mol. The molecular weight excluding hydrogens is 655 g/mol. The second-order valence-corrected chi connectivity index (χ2v) is 15.6. The SMILES string of the molecule is CN=C[C@@]1(c2ccc3c(N)ncnn23)O[C@H](COP(=O)(N[C@@H](C)C(=O)O[C@H]2CCOC2)Oc2ccc(C(C)(C)C)cc2)[C@H]2OC(C)(C)O[C@H]21. The Balaban J connectivity index is 1.29. The third-order valence-electron chi connectivity index (χ3n) is 8.70. The number of ether oxygens (including phenoxy) is 5. The maximum absolute atomic E-state index is 14.5. The molecule has 6 rings (SSSR count). The molecule has 0 amide bonds. The molecule has 3 N–H and O–H groups in total. The lowest BCUT2D eigenvalue weighted by Crippen LogP contribution is -2.43. The number of hydrogen-bond acceptors (Lipinski definition) is 13. The van der Waals surface area contributed by atoms with E-state index in [9.17, 15) is 9.36 Å². The smallest absolute Gasteiger partial charge is 0.459 e. The van der Waals surface area contributed by atoms with E-state index in [0.29, 0.717) is 30.8 Å². The van der Waals surface area contributed by atoms with Crippen molar-refractivity contribution < 1.29 is 42.1 Å². The van der Waals surface area contributed by atoms with Crippen LogP contribution in [0.1, 0.15) is 59.2 Å². The number of aromatic nitrogens is 3. The van der Waals surface area contributed by atoms with E-state index in [1.807, 2.05) is 18.2 Å². The number of fused-ring (bicyclic) bond motifs is 2. The Morgan fingerprint density at radius 2 is 1.96 bits per heavy atom. The normalized spacial score (nSPS) is 28.5. The molecule has 0 saturated carbocycles. The summed E-state index contributed by atoms with van der Waals surface area (Å²) < 4.78 is 58.7. The number of nitrogens with zero attached hydrogens (tertiary/aromatic N) is 4. The Bertz CT molecular complexity index is 1740.